The molecule has 22 heavy (non-hydrogen) atoms. The van der Waals surface area contributed by atoms with Crippen molar-refractivity contribution < 1.29 is 6.15 Å². The molecule has 4 heteroatoms. The van der Waals surface area contributed by atoms with Crippen LogP contribution < -0.4 is 9.31 Å². The van der Waals surface area contributed by atoms with E-state index in [0.717, 1.165) is 4.44 Å². The molecule has 3 nitrogen and oxygen atoms in total. The first-order valence-corrected chi connectivity index (χ1v) is 13.9. The van der Waals surface area contributed by atoms with Crippen LogP contribution >= 0.6 is 0 Å². The molecule has 120 valence electrons. The maximum atomic E-state index is 6.28. The van der Waals surface area contributed by atoms with Crippen molar-refractivity contribution in [2.24, 2.45) is 5.73 Å². The SMILES string of the molecule is CC[O][Sn]([CH2]C)([O]CC)[c]1cc2ccccc2cc1C(C)N. The molecule has 2 aromatic carbocycles. The van der Waals surface area contributed by atoms with Crippen molar-refractivity contribution in [3.8, 4) is 0 Å². The predicted molar refractivity (Wildman–Crippen MR) is 95.7 cm³/mol. The fourth-order valence-corrected chi connectivity index (χ4v) is 12.2. The van der Waals surface area contributed by atoms with E-state index in [4.69, 9.17) is 11.9 Å². The predicted octanol–water partition coefficient (Wildman–Crippen LogP) is 3.60. The zero-order chi connectivity index (χ0) is 16.2. The molecule has 2 N–H and O–H groups in total. The van der Waals surface area contributed by atoms with Crippen LogP contribution in [0.4, 0.5) is 0 Å². The van der Waals surface area contributed by atoms with Crippen molar-refractivity contribution >= 4 is 33.6 Å². The fourth-order valence-electron chi connectivity index (χ4n) is 3.02. The average molecular weight is 408 g/mol. The molecule has 0 amide bonds. The summed E-state index contributed by atoms with van der Waals surface area (Å²) in [6.45, 7) is 9.70. The first-order chi connectivity index (χ1) is 10.6. The van der Waals surface area contributed by atoms with Gasteiger partial charge in [-0.25, -0.2) is 0 Å². The van der Waals surface area contributed by atoms with Gasteiger partial charge in [0.25, 0.3) is 0 Å². The molecule has 0 saturated heterocycles. The van der Waals surface area contributed by atoms with Crippen LogP contribution in [0, 0.1) is 0 Å². The van der Waals surface area contributed by atoms with E-state index < -0.39 is 19.2 Å². The molecule has 1 unspecified atom stereocenters. The second-order valence-corrected chi connectivity index (χ2v) is 15.0. The molecule has 0 aliphatic carbocycles. The Morgan fingerprint density at radius 2 is 1.55 bits per heavy atom. The van der Waals surface area contributed by atoms with Crippen molar-refractivity contribution in [2.45, 2.75) is 38.2 Å². The Morgan fingerprint density at radius 3 is 2.00 bits per heavy atom. The zero-order valence-electron chi connectivity index (χ0n) is 14.1. The van der Waals surface area contributed by atoms with Crippen LogP contribution in [0.3, 0.4) is 0 Å². The van der Waals surface area contributed by atoms with Gasteiger partial charge >= 0.3 is 139 Å². The van der Waals surface area contributed by atoms with Crippen LogP contribution in [0.15, 0.2) is 36.4 Å². The summed E-state index contributed by atoms with van der Waals surface area (Å²) in [6.07, 6.45) is 0. The zero-order valence-corrected chi connectivity index (χ0v) is 16.9. The van der Waals surface area contributed by atoms with Gasteiger partial charge in [-0.1, -0.05) is 0 Å². The summed E-state index contributed by atoms with van der Waals surface area (Å²) in [4.78, 5) is 0. The quantitative estimate of drug-likeness (QED) is 0.713. The van der Waals surface area contributed by atoms with Gasteiger partial charge in [0.15, 0.2) is 0 Å². The Bertz CT molecular complexity index is 622. The monoisotopic (exact) mass is 409 g/mol. The maximum absolute atomic E-state index is 6.28. The van der Waals surface area contributed by atoms with Crippen molar-refractivity contribution in [3.63, 3.8) is 0 Å². The first-order valence-electron chi connectivity index (χ1n) is 8.14. The van der Waals surface area contributed by atoms with Crippen LogP contribution in [-0.2, 0) is 6.15 Å². The molecule has 0 radical (unpaired) electrons. The summed E-state index contributed by atoms with van der Waals surface area (Å²) in [5.41, 5.74) is 7.45. The van der Waals surface area contributed by atoms with E-state index in [1.54, 1.807) is 0 Å². The standard InChI is InChI=1S/C12H12N.2C2H5O.C2H5.Sn/c1-9(13)11-7-6-10-4-2-3-5-12(10)8-11;2*1-2-3;1-2;/h2-6,8-9H,13H2,1H3;2*2H2,1H3;1H2,2H3;/q;2*-1;;+2. The number of hydrogen-bond donors (Lipinski definition) is 1. The number of fused-ring (bicyclic) bond motifs is 1. The minimum absolute atomic E-state index is 0.0249. The van der Waals surface area contributed by atoms with Crippen molar-refractivity contribution in [1.29, 1.82) is 0 Å². The van der Waals surface area contributed by atoms with E-state index in [1.165, 1.54) is 19.9 Å². The molecule has 0 bridgehead atoms. The van der Waals surface area contributed by atoms with Crippen molar-refractivity contribution in [1.82, 2.24) is 0 Å². The fraction of sp³-hybridized carbons (Fsp3) is 0.444. The van der Waals surface area contributed by atoms with Crippen LogP contribution in [0.2, 0.25) is 4.44 Å². The third kappa shape index (κ3) is 3.48. The number of benzene rings is 2. The summed E-state index contributed by atoms with van der Waals surface area (Å²) in [5, 5.41) is 2.46. The molecule has 0 heterocycles. The molecule has 0 aliphatic rings. The van der Waals surface area contributed by atoms with Crippen LogP contribution in [0.5, 0.6) is 0 Å². The molecular formula is C18H27NO2Sn. The Morgan fingerprint density at radius 1 is 1.00 bits per heavy atom. The third-order valence-electron chi connectivity index (χ3n) is 4.04. The Hall–Kier alpha value is -0.621. The summed E-state index contributed by atoms with van der Waals surface area (Å²) < 4.78 is 14.8. The molecule has 0 aromatic heterocycles. The van der Waals surface area contributed by atoms with Crippen LogP contribution in [0.1, 0.15) is 39.3 Å². The Balaban J connectivity index is 2.70. The molecule has 1 atom stereocenters. The molecule has 0 fully saturated rings. The van der Waals surface area contributed by atoms with E-state index >= 15 is 0 Å². The van der Waals surface area contributed by atoms with Gasteiger partial charge in [-0.05, 0) is 0 Å². The molecule has 0 aliphatic heterocycles. The normalized spacial score (nSPS) is 13.5. The molecule has 2 aromatic rings. The summed E-state index contributed by atoms with van der Waals surface area (Å²) >= 11 is -3.33. The second-order valence-electron chi connectivity index (χ2n) is 5.55. The van der Waals surface area contributed by atoms with Gasteiger partial charge in [-0.15, -0.1) is 0 Å². The molecule has 2 rings (SSSR count). The van der Waals surface area contributed by atoms with Crippen molar-refractivity contribution in [2.75, 3.05) is 13.2 Å². The minimum atomic E-state index is -3.33. The second kappa shape index (κ2) is 7.77. The average Bonchev–Trinajstić information content (AvgIpc) is 2.53. The van der Waals surface area contributed by atoms with Gasteiger partial charge < -0.3 is 0 Å². The first kappa shape index (κ1) is 17.7. The van der Waals surface area contributed by atoms with Crippen LogP contribution in [0.25, 0.3) is 10.8 Å². The van der Waals surface area contributed by atoms with Gasteiger partial charge in [0, 0.05) is 0 Å². The Kier molecular flexibility index (Phi) is 6.26. The van der Waals surface area contributed by atoms with Gasteiger partial charge in [0.05, 0.1) is 0 Å². The van der Waals surface area contributed by atoms with E-state index in [-0.39, 0.29) is 6.04 Å². The summed E-state index contributed by atoms with van der Waals surface area (Å²) in [7, 11) is 0. The van der Waals surface area contributed by atoms with Gasteiger partial charge in [0.1, 0.15) is 0 Å². The molecular weight excluding hydrogens is 381 g/mol. The Labute approximate surface area is 138 Å². The van der Waals surface area contributed by atoms with E-state index in [2.05, 4.69) is 43.3 Å². The third-order valence-corrected chi connectivity index (χ3v) is 14.6. The molecule has 0 saturated carbocycles. The number of nitrogens with two attached hydrogens (primary N) is 1. The van der Waals surface area contributed by atoms with Gasteiger partial charge in [-0.2, -0.15) is 0 Å². The van der Waals surface area contributed by atoms with E-state index in [1.807, 2.05) is 20.8 Å². The topological polar surface area (TPSA) is 44.5 Å². The van der Waals surface area contributed by atoms with E-state index in [0.29, 0.717) is 13.2 Å². The van der Waals surface area contributed by atoms with Gasteiger partial charge in [-0.3, -0.25) is 0 Å². The van der Waals surface area contributed by atoms with E-state index in [9.17, 15) is 0 Å². The number of rotatable bonds is 7. The molecule has 0 spiro atoms. The van der Waals surface area contributed by atoms with Gasteiger partial charge in [0.2, 0.25) is 0 Å². The summed E-state index contributed by atoms with van der Waals surface area (Å²) in [6, 6.07) is 12.9. The summed E-state index contributed by atoms with van der Waals surface area (Å²) in [5.74, 6) is 0. The van der Waals surface area contributed by atoms with Crippen molar-refractivity contribution in [3.05, 3.63) is 42.0 Å². The van der Waals surface area contributed by atoms with Crippen LogP contribution in [-0.4, -0.2) is 32.4 Å². The number of hydrogen-bond acceptors (Lipinski definition) is 3.